The van der Waals surface area contributed by atoms with Crippen LogP contribution >= 0.6 is 11.3 Å². The minimum Gasteiger partial charge on any atom is -0.480 e. The van der Waals surface area contributed by atoms with E-state index in [1.807, 2.05) is 5.38 Å². The number of carboxylic acids is 1. The van der Waals surface area contributed by atoms with E-state index in [2.05, 4.69) is 25.8 Å². The van der Waals surface area contributed by atoms with Crippen LogP contribution in [0.2, 0.25) is 0 Å². The summed E-state index contributed by atoms with van der Waals surface area (Å²) in [5.74, 6) is -1.04. The first-order valence-electron chi connectivity index (χ1n) is 7.26. The Morgan fingerprint density at radius 1 is 1.43 bits per heavy atom. The van der Waals surface area contributed by atoms with Gasteiger partial charge in [0, 0.05) is 17.3 Å². The molecule has 0 aromatic carbocycles. The number of carboxylic acid groups (broad SMARTS) is 1. The number of aromatic nitrogens is 1. The number of piperidine rings is 1. The Morgan fingerprint density at radius 2 is 2.14 bits per heavy atom. The largest absolute Gasteiger partial charge is 0.480 e. The third-order valence-corrected chi connectivity index (χ3v) is 4.95. The highest BCUT2D eigenvalue weighted by molar-refractivity contribution is 7.09. The van der Waals surface area contributed by atoms with E-state index in [0.717, 1.165) is 23.5 Å². The van der Waals surface area contributed by atoms with Crippen molar-refractivity contribution in [3.8, 4) is 0 Å². The number of carbonyl (C=O) groups is 2. The highest BCUT2D eigenvalue weighted by Crippen LogP contribution is 2.26. The van der Waals surface area contributed by atoms with Crippen LogP contribution in [0.15, 0.2) is 5.38 Å². The van der Waals surface area contributed by atoms with Gasteiger partial charge in [-0.15, -0.1) is 11.3 Å². The van der Waals surface area contributed by atoms with E-state index in [1.165, 1.54) is 4.90 Å². The van der Waals surface area contributed by atoms with Gasteiger partial charge >= 0.3 is 5.97 Å². The van der Waals surface area contributed by atoms with Crippen LogP contribution in [0, 0.1) is 0 Å². The van der Waals surface area contributed by atoms with Crippen LogP contribution in [0.4, 0.5) is 0 Å². The monoisotopic (exact) mass is 310 g/mol. The Balaban J connectivity index is 2.06. The summed E-state index contributed by atoms with van der Waals surface area (Å²) in [5, 5.41) is 12.1. The average molecular weight is 310 g/mol. The molecule has 1 amide bonds. The molecular formula is C15H22N2O3S. The molecule has 1 N–H and O–H groups in total. The molecule has 2 rings (SSSR count). The fraction of sp³-hybridized carbons (Fsp3) is 0.667. The van der Waals surface area contributed by atoms with Gasteiger partial charge in [0.15, 0.2) is 0 Å². The second-order valence-electron chi connectivity index (χ2n) is 6.51. The molecule has 1 aromatic heterocycles. The number of thiazole rings is 1. The van der Waals surface area contributed by atoms with Gasteiger partial charge in [0.2, 0.25) is 5.91 Å². The van der Waals surface area contributed by atoms with Crippen LogP contribution in [0.3, 0.4) is 0 Å². The summed E-state index contributed by atoms with van der Waals surface area (Å²) in [6.45, 7) is 6.79. The van der Waals surface area contributed by atoms with Gasteiger partial charge in [-0.2, -0.15) is 0 Å². The van der Waals surface area contributed by atoms with Crippen molar-refractivity contribution in [1.29, 1.82) is 0 Å². The van der Waals surface area contributed by atoms with Crippen LogP contribution in [0.25, 0.3) is 0 Å². The summed E-state index contributed by atoms with van der Waals surface area (Å²) in [6, 6.07) is -0.674. The second kappa shape index (κ2) is 6.13. The van der Waals surface area contributed by atoms with Crippen LogP contribution in [0.1, 0.15) is 50.7 Å². The van der Waals surface area contributed by atoms with Gasteiger partial charge in [-0.05, 0) is 19.3 Å². The Hall–Kier alpha value is -1.43. The van der Waals surface area contributed by atoms with Crippen molar-refractivity contribution in [3.05, 3.63) is 16.1 Å². The van der Waals surface area contributed by atoms with Crippen LogP contribution in [-0.4, -0.2) is 39.5 Å². The van der Waals surface area contributed by atoms with Crippen LogP contribution in [-0.2, 0) is 21.4 Å². The fourth-order valence-electron chi connectivity index (χ4n) is 2.48. The smallest absolute Gasteiger partial charge is 0.326 e. The van der Waals surface area contributed by atoms with Crippen molar-refractivity contribution in [2.45, 2.75) is 57.9 Å². The lowest BCUT2D eigenvalue weighted by Gasteiger charge is -2.32. The molecule has 0 aliphatic carbocycles. The molecule has 1 fully saturated rings. The normalized spacial score (nSPS) is 19.6. The third-order valence-electron chi connectivity index (χ3n) is 3.63. The first-order valence-corrected chi connectivity index (χ1v) is 8.14. The molecule has 116 valence electrons. The lowest BCUT2D eigenvalue weighted by molar-refractivity contribution is -0.151. The molecular weight excluding hydrogens is 288 g/mol. The first kappa shape index (κ1) is 15.9. The van der Waals surface area contributed by atoms with Crippen molar-refractivity contribution in [2.24, 2.45) is 0 Å². The molecule has 1 atom stereocenters. The van der Waals surface area contributed by atoms with E-state index in [4.69, 9.17) is 0 Å². The fourth-order valence-corrected chi connectivity index (χ4v) is 3.38. The minimum absolute atomic E-state index is 0.0271. The van der Waals surface area contributed by atoms with Gasteiger partial charge in [0.05, 0.1) is 17.1 Å². The van der Waals surface area contributed by atoms with Gasteiger partial charge in [-0.25, -0.2) is 9.78 Å². The molecule has 1 unspecified atom stereocenters. The molecule has 1 saturated heterocycles. The van der Waals surface area contributed by atoms with Gasteiger partial charge in [-0.3, -0.25) is 4.79 Å². The number of aliphatic carboxylic acids is 1. The quantitative estimate of drug-likeness (QED) is 0.931. The van der Waals surface area contributed by atoms with Crippen molar-refractivity contribution >= 4 is 23.2 Å². The van der Waals surface area contributed by atoms with Crippen molar-refractivity contribution in [2.75, 3.05) is 6.54 Å². The third kappa shape index (κ3) is 3.81. The zero-order chi connectivity index (χ0) is 15.6. The maximum Gasteiger partial charge on any atom is 0.326 e. The van der Waals surface area contributed by atoms with E-state index < -0.39 is 12.0 Å². The van der Waals surface area contributed by atoms with Crippen molar-refractivity contribution in [1.82, 2.24) is 9.88 Å². The number of rotatable bonds is 3. The molecule has 5 nitrogen and oxygen atoms in total. The number of hydrogen-bond donors (Lipinski definition) is 1. The van der Waals surface area contributed by atoms with E-state index in [1.54, 1.807) is 11.3 Å². The SMILES string of the molecule is CC(C)(C)c1nc(CC(=O)N2CCCCC2C(=O)O)cs1. The zero-order valence-electron chi connectivity index (χ0n) is 12.8. The molecule has 0 bridgehead atoms. The Morgan fingerprint density at radius 3 is 2.71 bits per heavy atom. The summed E-state index contributed by atoms with van der Waals surface area (Å²) in [4.78, 5) is 29.6. The maximum absolute atomic E-state index is 12.4. The summed E-state index contributed by atoms with van der Waals surface area (Å²) in [5.41, 5.74) is 0.713. The Labute approximate surface area is 129 Å². The zero-order valence-corrected chi connectivity index (χ0v) is 13.6. The number of nitrogens with zero attached hydrogens (tertiary/aromatic N) is 2. The van der Waals surface area contributed by atoms with E-state index in [9.17, 15) is 14.7 Å². The topological polar surface area (TPSA) is 70.5 Å². The maximum atomic E-state index is 12.4. The summed E-state index contributed by atoms with van der Waals surface area (Å²) in [7, 11) is 0. The summed E-state index contributed by atoms with van der Waals surface area (Å²) >= 11 is 1.55. The number of amides is 1. The van der Waals surface area contributed by atoms with Gasteiger partial charge in [0.25, 0.3) is 0 Å². The second-order valence-corrected chi connectivity index (χ2v) is 7.37. The van der Waals surface area contributed by atoms with E-state index in [0.29, 0.717) is 13.0 Å². The average Bonchev–Trinajstić information content (AvgIpc) is 2.87. The minimum atomic E-state index is -0.906. The molecule has 0 spiro atoms. The van der Waals surface area contributed by atoms with Crippen molar-refractivity contribution < 1.29 is 14.7 Å². The summed E-state index contributed by atoms with van der Waals surface area (Å²) < 4.78 is 0. The molecule has 21 heavy (non-hydrogen) atoms. The van der Waals surface area contributed by atoms with Crippen LogP contribution < -0.4 is 0 Å². The van der Waals surface area contributed by atoms with E-state index in [-0.39, 0.29) is 17.7 Å². The standard InChI is InChI=1S/C15H22N2O3S/c1-15(2,3)14-16-10(9-21-14)8-12(18)17-7-5-4-6-11(17)13(19)20/h9,11H,4-8H2,1-3H3,(H,19,20). The number of hydrogen-bond acceptors (Lipinski definition) is 4. The van der Waals surface area contributed by atoms with Crippen LogP contribution in [0.5, 0.6) is 0 Å². The number of carbonyl (C=O) groups excluding carboxylic acids is 1. The van der Waals surface area contributed by atoms with Gasteiger partial charge < -0.3 is 10.0 Å². The van der Waals surface area contributed by atoms with Gasteiger partial charge in [-0.1, -0.05) is 20.8 Å². The molecule has 1 aliphatic heterocycles. The Kier molecular flexibility index (Phi) is 4.66. The van der Waals surface area contributed by atoms with E-state index >= 15 is 0 Å². The molecule has 1 aliphatic rings. The highest BCUT2D eigenvalue weighted by Gasteiger charge is 2.32. The molecule has 6 heteroatoms. The summed E-state index contributed by atoms with van der Waals surface area (Å²) in [6.07, 6.45) is 2.48. The lowest BCUT2D eigenvalue weighted by Crippen LogP contribution is -2.48. The highest BCUT2D eigenvalue weighted by atomic mass is 32.1. The molecule has 1 aromatic rings. The lowest BCUT2D eigenvalue weighted by atomic mass is 9.98. The predicted octanol–water partition coefficient (Wildman–Crippen LogP) is 2.45. The Bertz CT molecular complexity index is 533. The molecule has 2 heterocycles. The first-order chi connectivity index (χ1) is 9.79. The molecule has 0 saturated carbocycles. The molecule has 0 radical (unpaired) electrons. The van der Waals surface area contributed by atoms with Gasteiger partial charge in [0.1, 0.15) is 6.04 Å². The predicted molar refractivity (Wildman–Crippen MR) is 81.5 cm³/mol. The van der Waals surface area contributed by atoms with Crippen molar-refractivity contribution in [3.63, 3.8) is 0 Å². The number of likely N-dealkylation sites (tertiary alicyclic amines) is 1.